The number of carbonyl (C=O) groups is 1. The lowest BCUT2D eigenvalue weighted by atomic mass is 9.96. The molecule has 1 heterocycles. The van der Waals surface area contributed by atoms with Crippen molar-refractivity contribution in [1.29, 1.82) is 0 Å². The Morgan fingerprint density at radius 3 is 2.21 bits per heavy atom. The lowest BCUT2D eigenvalue weighted by Crippen LogP contribution is -2.56. The van der Waals surface area contributed by atoms with Crippen molar-refractivity contribution in [2.24, 2.45) is 5.92 Å². The van der Waals surface area contributed by atoms with Crippen molar-refractivity contribution in [3.63, 3.8) is 0 Å². The minimum Gasteiger partial charge on any atom is -0.381 e. The molecule has 0 bridgehead atoms. The zero-order chi connectivity index (χ0) is 14.7. The van der Waals surface area contributed by atoms with Gasteiger partial charge in [-0.15, -0.1) is 0 Å². The molecule has 0 aliphatic carbocycles. The van der Waals surface area contributed by atoms with E-state index in [1.807, 2.05) is 20.8 Å². The summed E-state index contributed by atoms with van der Waals surface area (Å²) in [6, 6.07) is 0. The van der Waals surface area contributed by atoms with Crippen LogP contribution < -0.4 is 0 Å². The van der Waals surface area contributed by atoms with Gasteiger partial charge in [-0.05, 0) is 25.7 Å². The normalized spacial score (nSPS) is 19.4. The van der Waals surface area contributed by atoms with Crippen LogP contribution in [-0.2, 0) is 19.4 Å². The topological polar surface area (TPSA) is 63.7 Å². The summed E-state index contributed by atoms with van der Waals surface area (Å²) in [7, 11) is -3.45. The van der Waals surface area contributed by atoms with Crippen molar-refractivity contribution in [2.45, 2.75) is 38.4 Å². The zero-order valence-electron chi connectivity index (χ0n) is 12.3. The van der Waals surface area contributed by atoms with E-state index in [0.29, 0.717) is 32.2 Å². The minimum absolute atomic E-state index is 0.255. The Bertz CT molecular complexity index is 410. The lowest BCUT2D eigenvalue weighted by molar-refractivity contribution is -0.137. The third kappa shape index (κ3) is 3.48. The highest BCUT2D eigenvalue weighted by Gasteiger charge is 2.50. The smallest absolute Gasteiger partial charge is 0.244 e. The molecule has 0 unspecified atom stereocenters. The molecule has 5 nitrogen and oxygen atoms in total. The van der Waals surface area contributed by atoms with Gasteiger partial charge in [-0.2, -0.15) is 0 Å². The van der Waals surface area contributed by atoms with Crippen LogP contribution in [0.2, 0.25) is 0 Å². The summed E-state index contributed by atoms with van der Waals surface area (Å²) < 4.78 is 28.3. The second-order valence-electron chi connectivity index (χ2n) is 5.62. The van der Waals surface area contributed by atoms with Crippen molar-refractivity contribution in [2.75, 3.05) is 32.6 Å². The molecule has 112 valence electrons. The van der Waals surface area contributed by atoms with Crippen molar-refractivity contribution < 1.29 is 17.9 Å². The molecule has 1 rings (SSSR count). The fourth-order valence-electron chi connectivity index (χ4n) is 2.53. The monoisotopic (exact) mass is 291 g/mol. The predicted molar refractivity (Wildman–Crippen MR) is 74.7 cm³/mol. The molecule has 0 spiro atoms. The van der Waals surface area contributed by atoms with Crippen LogP contribution in [0.25, 0.3) is 0 Å². The maximum Gasteiger partial charge on any atom is 0.244 e. The Labute approximate surface area is 116 Å². The number of nitrogens with zero attached hydrogens (tertiary/aromatic N) is 1. The number of carbonyl (C=O) groups excluding carboxylic acids is 1. The fraction of sp³-hybridized carbons (Fsp3) is 0.923. The van der Waals surface area contributed by atoms with E-state index in [1.54, 1.807) is 4.90 Å². The number of rotatable bonds is 5. The first-order valence-electron chi connectivity index (χ1n) is 6.81. The third-order valence-electron chi connectivity index (χ3n) is 3.65. The van der Waals surface area contributed by atoms with Gasteiger partial charge >= 0.3 is 0 Å². The average molecular weight is 291 g/mol. The van der Waals surface area contributed by atoms with E-state index in [9.17, 15) is 13.2 Å². The maximum atomic E-state index is 12.7. The van der Waals surface area contributed by atoms with Gasteiger partial charge in [0.1, 0.15) is 0 Å². The van der Waals surface area contributed by atoms with Crippen molar-refractivity contribution >= 4 is 15.7 Å². The highest BCUT2D eigenvalue weighted by atomic mass is 32.2. The van der Waals surface area contributed by atoms with E-state index in [-0.39, 0.29) is 18.7 Å². The highest BCUT2D eigenvalue weighted by molar-refractivity contribution is 7.92. The van der Waals surface area contributed by atoms with Crippen LogP contribution in [0.5, 0.6) is 0 Å². The number of amides is 1. The summed E-state index contributed by atoms with van der Waals surface area (Å²) in [5.74, 6) is 0.0647. The summed E-state index contributed by atoms with van der Waals surface area (Å²) >= 11 is 0. The van der Waals surface area contributed by atoms with Gasteiger partial charge in [-0.1, -0.05) is 13.8 Å². The van der Waals surface area contributed by atoms with E-state index in [2.05, 4.69) is 0 Å². The molecule has 0 saturated carbocycles. The second kappa shape index (κ2) is 6.22. The molecule has 0 aromatic carbocycles. The van der Waals surface area contributed by atoms with Crippen LogP contribution in [0.15, 0.2) is 0 Å². The highest BCUT2D eigenvalue weighted by Crippen LogP contribution is 2.31. The first-order valence-corrected chi connectivity index (χ1v) is 8.70. The molecule has 0 aromatic heterocycles. The molecule has 1 fully saturated rings. The van der Waals surface area contributed by atoms with Gasteiger partial charge in [0.25, 0.3) is 0 Å². The summed E-state index contributed by atoms with van der Waals surface area (Å²) in [5, 5.41) is 0. The number of hydrogen-bond acceptors (Lipinski definition) is 4. The molecule has 0 aromatic rings. The first-order chi connectivity index (χ1) is 8.74. The Morgan fingerprint density at radius 2 is 1.84 bits per heavy atom. The van der Waals surface area contributed by atoms with Crippen LogP contribution in [0.1, 0.15) is 33.6 Å². The van der Waals surface area contributed by atoms with E-state index in [1.165, 1.54) is 6.26 Å². The molecule has 1 aliphatic heterocycles. The van der Waals surface area contributed by atoms with Gasteiger partial charge in [0.15, 0.2) is 14.6 Å². The second-order valence-corrected chi connectivity index (χ2v) is 7.94. The van der Waals surface area contributed by atoms with E-state index >= 15 is 0 Å². The van der Waals surface area contributed by atoms with Crippen LogP contribution in [-0.4, -0.2) is 56.5 Å². The quantitative estimate of drug-likeness (QED) is 0.760. The van der Waals surface area contributed by atoms with Gasteiger partial charge in [0.2, 0.25) is 5.91 Å². The standard InChI is InChI=1S/C13H25NO4S/c1-5-14(10-11(2)3)12(15)13(19(4,16)17)6-8-18-9-7-13/h11H,5-10H2,1-4H3. The largest absolute Gasteiger partial charge is 0.381 e. The van der Waals surface area contributed by atoms with Crippen LogP contribution >= 0.6 is 0 Å². The van der Waals surface area contributed by atoms with E-state index in [0.717, 1.165) is 0 Å². The molecule has 0 N–H and O–H groups in total. The molecular weight excluding hydrogens is 266 g/mol. The molecule has 1 aliphatic rings. The van der Waals surface area contributed by atoms with E-state index < -0.39 is 14.6 Å². The minimum atomic E-state index is -3.45. The molecule has 19 heavy (non-hydrogen) atoms. The maximum absolute atomic E-state index is 12.7. The Morgan fingerprint density at radius 1 is 1.32 bits per heavy atom. The Balaban J connectivity index is 3.07. The fourth-order valence-corrected chi connectivity index (χ4v) is 3.88. The molecule has 0 atom stereocenters. The third-order valence-corrected chi connectivity index (χ3v) is 5.66. The summed E-state index contributed by atoms with van der Waals surface area (Å²) in [6.45, 7) is 7.72. The van der Waals surface area contributed by atoms with Crippen LogP contribution in [0.4, 0.5) is 0 Å². The van der Waals surface area contributed by atoms with Gasteiger partial charge in [-0.3, -0.25) is 4.79 Å². The molecular formula is C13H25NO4S. The number of sulfone groups is 1. The summed E-state index contributed by atoms with van der Waals surface area (Å²) in [4.78, 5) is 14.4. The molecule has 1 saturated heterocycles. The number of hydrogen-bond donors (Lipinski definition) is 0. The Hall–Kier alpha value is -0.620. The van der Waals surface area contributed by atoms with Gasteiger partial charge in [0.05, 0.1) is 0 Å². The van der Waals surface area contributed by atoms with Crippen LogP contribution in [0.3, 0.4) is 0 Å². The van der Waals surface area contributed by atoms with Gasteiger partial charge in [0, 0.05) is 32.6 Å². The Kier molecular flexibility index (Phi) is 5.38. The van der Waals surface area contributed by atoms with Crippen LogP contribution in [0, 0.1) is 5.92 Å². The van der Waals surface area contributed by atoms with Crippen molar-refractivity contribution in [1.82, 2.24) is 4.90 Å². The average Bonchev–Trinajstić information content (AvgIpc) is 2.34. The summed E-state index contributed by atoms with van der Waals surface area (Å²) in [5.41, 5.74) is 0. The summed E-state index contributed by atoms with van der Waals surface area (Å²) in [6.07, 6.45) is 1.69. The van der Waals surface area contributed by atoms with E-state index in [4.69, 9.17) is 4.74 Å². The molecule has 1 amide bonds. The molecule has 0 radical (unpaired) electrons. The number of ether oxygens (including phenoxy) is 1. The van der Waals surface area contributed by atoms with Gasteiger partial charge < -0.3 is 9.64 Å². The van der Waals surface area contributed by atoms with Gasteiger partial charge in [-0.25, -0.2) is 8.42 Å². The molecule has 6 heteroatoms. The first kappa shape index (κ1) is 16.4. The lowest BCUT2D eigenvalue weighted by Gasteiger charge is -2.38. The van der Waals surface area contributed by atoms with Crippen molar-refractivity contribution in [3.8, 4) is 0 Å². The predicted octanol–water partition coefficient (Wildman–Crippen LogP) is 1.08. The van der Waals surface area contributed by atoms with Crippen molar-refractivity contribution in [3.05, 3.63) is 0 Å². The SMILES string of the molecule is CCN(CC(C)C)C(=O)C1(S(C)(=O)=O)CCOCC1. The zero-order valence-corrected chi connectivity index (χ0v) is 13.1.